The maximum Gasteiger partial charge on any atom is 0.326 e. The lowest BCUT2D eigenvalue weighted by Gasteiger charge is -2.32. The average Bonchev–Trinajstić information content (AvgIpc) is 3.11. The van der Waals surface area contributed by atoms with Crippen LogP contribution in [-0.2, 0) is 11.2 Å². The number of imidazole rings is 1. The van der Waals surface area contributed by atoms with E-state index in [1.807, 2.05) is 47.4 Å². The number of hydrogen-bond acceptors (Lipinski definition) is 3. The molecule has 0 unspecified atom stereocenters. The molecular formula is C23H21ClN4O2. The highest BCUT2D eigenvalue weighted by atomic mass is 35.5. The zero-order valence-corrected chi connectivity index (χ0v) is 17.1. The van der Waals surface area contributed by atoms with Crippen LogP contribution in [0.15, 0.2) is 59.5 Å². The Labute approximate surface area is 178 Å². The van der Waals surface area contributed by atoms with Crippen molar-refractivity contribution in [2.45, 2.75) is 25.3 Å². The summed E-state index contributed by atoms with van der Waals surface area (Å²) in [5, 5.41) is 1.58. The van der Waals surface area contributed by atoms with Crippen molar-refractivity contribution in [2.24, 2.45) is 0 Å². The summed E-state index contributed by atoms with van der Waals surface area (Å²) in [6, 6.07) is 15.5. The van der Waals surface area contributed by atoms with Crippen LogP contribution < -0.4 is 5.69 Å². The fourth-order valence-corrected chi connectivity index (χ4v) is 4.59. The summed E-state index contributed by atoms with van der Waals surface area (Å²) in [6.45, 7) is 1.27. The van der Waals surface area contributed by atoms with Crippen molar-refractivity contribution in [1.29, 1.82) is 0 Å². The van der Waals surface area contributed by atoms with Crippen LogP contribution in [0, 0.1) is 0 Å². The summed E-state index contributed by atoms with van der Waals surface area (Å²) in [4.78, 5) is 34.4. The zero-order chi connectivity index (χ0) is 20.7. The summed E-state index contributed by atoms with van der Waals surface area (Å²) in [5.41, 5.74) is 3.27. The molecule has 5 rings (SSSR count). The van der Waals surface area contributed by atoms with E-state index in [-0.39, 0.29) is 17.6 Å². The smallest absolute Gasteiger partial charge is 0.326 e. The van der Waals surface area contributed by atoms with Crippen molar-refractivity contribution >= 4 is 39.4 Å². The van der Waals surface area contributed by atoms with Gasteiger partial charge in [0.25, 0.3) is 0 Å². The van der Waals surface area contributed by atoms with Gasteiger partial charge in [-0.25, -0.2) is 4.79 Å². The van der Waals surface area contributed by atoms with E-state index in [1.54, 1.807) is 16.8 Å². The number of rotatable bonds is 3. The van der Waals surface area contributed by atoms with Gasteiger partial charge >= 0.3 is 5.69 Å². The van der Waals surface area contributed by atoms with Gasteiger partial charge in [0.2, 0.25) is 5.91 Å². The molecule has 7 heteroatoms. The maximum atomic E-state index is 12.8. The van der Waals surface area contributed by atoms with Crippen molar-refractivity contribution in [3.05, 3.63) is 75.8 Å². The molecule has 2 aromatic carbocycles. The number of likely N-dealkylation sites (tertiary alicyclic amines) is 1. The molecule has 1 aliphatic rings. The van der Waals surface area contributed by atoms with E-state index in [9.17, 15) is 9.59 Å². The third-order valence-corrected chi connectivity index (χ3v) is 6.22. The number of fused-ring (bicyclic) bond motifs is 2. The molecule has 1 fully saturated rings. The summed E-state index contributed by atoms with van der Waals surface area (Å²) < 4.78 is 1.79. The molecule has 0 aliphatic carbocycles. The van der Waals surface area contributed by atoms with E-state index in [0.717, 1.165) is 34.8 Å². The van der Waals surface area contributed by atoms with Crippen molar-refractivity contribution in [2.75, 3.05) is 13.1 Å². The SMILES string of the molecule is O=C(Cc1ccc2ncccc2c1)N1CCC(n2c(=O)[nH]c3c(Cl)cccc32)CC1. The van der Waals surface area contributed by atoms with Crippen molar-refractivity contribution in [3.8, 4) is 0 Å². The fourth-order valence-electron chi connectivity index (χ4n) is 4.37. The number of aromatic amines is 1. The number of aromatic nitrogens is 3. The Balaban J connectivity index is 1.29. The minimum absolute atomic E-state index is 0.0560. The predicted octanol–water partition coefficient (Wildman–Crippen LogP) is 3.94. The number of hydrogen-bond donors (Lipinski definition) is 1. The molecule has 30 heavy (non-hydrogen) atoms. The first-order valence-electron chi connectivity index (χ1n) is 10.1. The number of H-pyrrole nitrogens is 1. The van der Waals surface area contributed by atoms with E-state index in [0.29, 0.717) is 30.0 Å². The van der Waals surface area contributed by atoms with Gasteiger partial charge in [-0.3, -0.25) is 14.3 Å². The molecular weight excluding hydrogens is 400 g/mol. The Hall–Kier alpha value is -3.12. The van der Waals surface area contributed by atoms with Crippen LogP contribution in [-0.4, -0.2) is 38.4 Å². The molecule has 1 saturated heterocycles. The van der Waals surface area contributed by atoms with Crippen molar-refractivity contribution < 1.29 is 4.79 Å². The molecule has 0 bridgehead atoms. The van der Waals surface area contributed by atoms with Gasteiger partial charge < -0.3 is 9.88 Å². The highest BCUT2D eigenvalue weighted by molar-refractivity contribution is 6.34. The Morgan fingerprint density at radius 3 is 2.80 bits per heavy atom. The number of pyridine rings is 1. The minimum Gasteiger partial charge on any atom is -0.342 e. The van der Waals surface area contributed by atoms with E-state index in [1.165, 1.54) is 0 Å². The van der Waals surface area contributed by atoms with E-state index < -0.39 is 0 Å². The van der Waals surface area contributed by atoms with E-state index in [2.05, 4.69) is 9.97 Å². The molecule has 3 heterocycles. The van der Waals surface area contributed by atoms with Crippen LogP contribution in [0.1, 0.15) is 24.4 Å². The van der Waals surface area contributed by atoms with Gasteiger partial charge in [0.1, 0.15) is 0 Å². The van der Waals surface area contributed by atoms with Gasteiger partial charge in [0.05, 0.1) is 28.0 Å². The Bertz CT molecular complexity index is 1300. The van der Waals surface area contributed by atoms with Gasteiger partial charge in [-0.1, -0.05) is 29.8 Å². The second-order valence-corrected chi connectivity index (χ2v) is 8.16. The molecule has 0 saturated carbocycles. The second-order valence-electron chi connectivity index (χ2n) is 7.75. The number of carbonyl (C=O) groups is 1. The van der Waals surface area contributed by atoms with Gasteiger partial charge in [-0.2, -0.15) is 0 Å². The Morgan fingerprint density at radius 2 is 1.97 bits per heavy atom. The largest absolute Gasteiger partial charge is 0.342 e. The van der Waals surface area contributed by atoms with Crippen LogP contribution in [0.5, 0.6) is 0 Å². The topological polar surface area (TPSA) is 71.0 Å². The van der Waals surface area contributed by atoms with Gasteiger partial charge in [0, 0.05) is 30.7 Å². The van der Waals surface area contributed by atoms with Crippen molar-refractivity contribution in [1.82, 2.24) is 19.4 Å². The lowest BCUT2D eigenvalue weighted by atomic mass is 10.0. The number of nitrogens with zero attached hydrogens (tertiary/aromatic N) is 3. The number of nitrogens with one attached hydrogen (secondary N) is 1. The van der Waals surface area contributed by atoms with Gasteiger partial charge in [-0.15, -0.1) is 0 Å². The number of piperidine rings is 1. The molecule has 6 nitrogen and oxygen atoms in total. The van der Waals surface area contributed by atoms with Crippen molar-refractivity contribution in [3.63, 3.8) is 0 Å². The van der Waals surface area contributed by atoms with Gasteiger partial charge in [-0.05, 0) is 48.7 Å². The molecule has 0 atom stereocenters. The first-order chi connectivity index (χ1) is 14.6. The van der Waals surface area contributed by atoms with Crippen LogP contribution in [0.4, 0.5) is 0 Å². The van der Waals surface area contributed by atoms with E-state index in [4.69, 9.17) is 11.6 Å². The van der Waals surface area contributed by atoms with Crippen LogP contribution in [0.25, 0.3) is 21.9 Å². The van der Waals surface area contributed by atoms with E-state index >= 15 is 0 Å². The maximum absolute atomic E-state index is 12.8. The third kappa shape index (κ3) is 3.37. The number of carbonyl (C=O) groups excluding carboxylic acids is 1. The molecule has 1 aliphatic heterocycles. The first kappa shape index (κ1) is 18.9. The zero-order valence-electron chi connectivity index (χ0n) is 16.3. The lowest BCUT2D eigenvalue weighted by Crippen LogP contribution is -2.41. The van der Waals surface area contributed by atoms with Crippen LogP contribution >= 0.6 is 11.6 Å². The molecule has 1 N–H and O–H groups in total. The predicted molar refractivity (Wildman–Crippen MR) is 118 cm³/mol. The highest BCUT2D eigenvalue weighted by Gasteiger charge is 2.26. The summed E-state index contributed by atoms with van der Waals surface area (Å²) >= 11 is 6.22. The standard InChI is InChI=1S/C23H21ClN4O2/c24-18-4-1-5-20-22(18)26-23(30)28(20)17-8-11-27(12-9-17)21(29)14-15-6-7-19-16(13-15)3-2-10-25-19/h1-7,10,13,17H,8-9,11-12,14H2,(H,26,30). The monoisotopic (exact) mass is 420 g/mol. The molecule has 2 aromatic heterocycles. The summed E-state index contributed by atoms with van der Waals surface area (Å²) in [6.07, 6.45) is 3.63. The molecule has 4 aromatic rings. The lowest BCUT2D eigenvalue weighted by molar-refractivity contribution is -0.131. The number of amides is 1. The minimum atomic E-state index is -0.146. The van der Waals surface area contributed by atoms with Gasteiger partial charge in [0.15, 0.2) is 0 Å². The fraction of sp³-hybridized carbons (Fsp3) is 0.261. The normalized spacial score (nSPS) is 15.2. The molecule has 0 radical (unpaired) electrons. The average molecular weight is 421 g/mol. The third-order valence-electron chi connectivity index (χ3n) is 5.91. The molecule has 1 amide bonds. The Morgan fingerprint density at radius 1 is 1.13 bits per heavy atom. The summed E-state index contributed by atoms with van der Waals surface area (Å²) in [5.74, 6) is 0.117. The highest BCUT2D eigenvalue weighted by Crippen LogP contribution is 2.28. The Kier molecular flexibility index (Phi) is 4.79. The molecule has 152 valence electrons. The summed E-state index contributed by atoms with van der Waals surface area (Å²) in [7, 11) is 0. The number of halogens is 1. The van der Waals surface area contributed by atoms with Crippen LogP contribution in [0.3, 0.4) is 0 Å². The van der Waals surface area contributed by atoms with Crippen LogP contribution in [0.2, 0.25) is 5.02 Å². The molecule has 0 spiro atoms. The quantitative estimate of drug-likeness (QED) is 0.545. The number of para-hydroxylation sites is 1. The first-order valence-corrected chi connectivity index (χ1v) is 10.5. The number of benzene rings is 2. The second kappa shape index (κ2) is 7.61.